The number of rotatable bonds is 10. The number of nitrogens with two attached hydrogens (primary N) is 1. The highest BCUT2D eigenvalue weighted by Crippen LogP contribution is 2.38. The van der Waals surface area contributed by atoms with E-state index in [0.29, 0.717) is 17.7 Å². The summed E-state index contributed by atoms with van der Waals surface area (Å²) in [6.07, 6.45) is 15.8. The standard InChI is InChI=1S/C26H45N3O2/c1-3-5-16-26(17-6-4-2)23(30)22(24(27)28-26)14-13-20-15-18-29(19-20)25(31)21-11-9-7-8-10-12-21/h20-22H,3-19H2,1-2H3,(H2,27,28). The highest BCUT2D eigenvalue weighted by atomic mass is 16.2. The highest BCUT2D eigenvalue weighted by molar-refractivity contribution is 6.12. The van der Waals surface area contributed by atoms with Crippen molar-refractivity contribution < 1.29 is 9.59 Å². The summed E-state index contributed by atoms with van der Waals surface area (Å²) in [5.41, 5.74) is 5.77. The van der Waals surface area contributed by atoms with Gasteiger partial charge in [0, 0.05) is 19.0 Å². The third-order valence-electron chi connectivity index (χ3n) is 8.03. The topological polar surface area (TPSA) is 75.8 Å². The number of Topliss-reactive ketones (excluding diaryl/α,β-unsaturated/α-hetero) is 1. The zero-order valence-electron chi connectivity index (χ0n) is 20.0. The molecule has 1 saturated carbocycles. The Morgan fingerprint density at radius 3 is 2.29 bits per heavy atom. The van der Waals surface area contributed by atoms with Gasteiger partial charge in [0.25, 0.3) is 0 Å². The predicted molar refractivity (Wildman–Crippen MR) is 127 cm³/mol. The molecule has 3 aliphatic rings. The van der Waals surface area contributed by atoms with Gasteiger partial charge in [-0.3, -0.25) is 14.6 Å². The molecule has 2 N–H and O–H groups in total. The van der Waals surface area contributed by atoms with Gasteiger partial charge in [-0.1, -0.05) is 65.2 Å². The van der Waals surface area contributed by atoms with Crippen LogP contribution >= 0.6 is 0 Å². The number of hydrogen-bond donors (Lipinski definition) is 1. The molecule has 0 radical (unpaired) electrons. The number of unbranched alkanes of at least 4 members (excludes halogenated alkanes) is 2. The molecule has 2 unspecified atom stereocenters. The Bertz CT molecular complexity index is 629. The molecule has 1 aliphatic carbocycles. The summed E-state index contributed by atoms with van der Waals surface area (Å²) >= 11 is 0. The zero-order valence-corrected chi connectivity index (χ0v) is 20.0. The Morgan fingerprint density at radius 1 is 1.03 bits per heavy atom. The second-order valence-corrected chi connectivity index (χ2v) is 10.4. The van der Waals surface area contributed by atoms with Crippen molar-refractivity contribution in [2.45, 2.75) is 116 Å². The van der Waals surface area contributed by atoms with Gasteiger partial charge >= 0.3 is 0 Å². The molecule has 5 heteroatoms. The first-order valence-electron chi connectivity index (χ1n) is 13.2. The lowest BCUT2D eigenvalue weighted by atomic mass is 9.79. The van der Waals surface area contributed by atoms with Gasteiger partial charge in [0.05, 0.1) is 5.92 Å². The highest BCUT2D eigenvalue weighted by Gasteiger charge is 2.47. The van der Waals surface area contributed by atoms with Crippen LogP contribution in [0.3, 0.4) is 0 Å². The summed E-state index contributed by atoms with van der Waals surface area (Å²) in [6.45, 7) is 6.09. The van der Waals surface area contributed by atoms with Crippen LogP contribution in [-0.2, 0) is 9.59 Å². The first-order chi connectivity index (χ1) is 15.0. The van der Waals surface area contributed by atoms with Gasteiger partial charge in [-0.2, -0.15) is 0 Å². The minimum absolute atomic E-state index is 0.208. The fourth-order valence-electron chi connectivity index (χ4n) is 5.99. The zero-order chi connectivity index (χ0) is 22.3. The molecule has 1 amide bonds. The first-order valence-corrected chi connectivity index (χ1v) is 13.2. The van der Waals surface area contributed by atoms with Crippen molar-refractivity contribution in [2.75, 3.05) is 13.1 Å². The quantitative estimate of drug-likeness (QED) is 0.479. The molecule has 2 heterocycles. The molecule has 0 aromatic carbocycles. The number of hydrogen-bond acceptors (Lipinski definition) is 4. The fraction of sp³-hybridized carbons (Fsp3) is 0.885. The SMILES string of the molecule is CCCCC1(CCCC)N=C(N)C(CCC2CCN(C(=O)C3CCCCCC3)C2)C1=O. The number of amidine groups is 1. The van der Waals surface area contributed by atoms with Crippen LogP contribution in [0, 0.1) is 17.8 Å². The first kappa shape index (κ1) is 24.3. The smallest absolute Gasteiger partial charge is 0.225 e. The minimum Gasteiger partial charge on any atom is -0.387 e. The van der Waals surface area contributed by atoms with Gasteiger partial charge in [-0.15, -0.1) is 0 Å². The van der Waals surface area contributed by atoms with Gasteiger partial charge in [0.1, 0.15) is 11.4 Å². The van der Waals surface area contributed by atoms with Crippen LogP contribution in [-0.4, -0.2) is 41.1 Å². The number of carbonyl (C=O) groups is 2. The maximum absolute atomic E-state index is 13.4. The molecule has 3 rings (SSSR count). The van der Waals surface area contributed by atoms with Crippen LogP contribution < -0.4 is 5.73 Å². The van der Waals surface area contributed by atoms with E-state index in [2.05, 4.69) is 18.7 Å². The Morgan fingerprint density at radius 2 is 1.68 bits per heavy atom. The van der Waals surface area contributed by atoms with Crippen molar-refractivity contribution >= 4 is 17.5 Å². The van der Waals surface area contributed by atoms with Crippen molar-refractivity contribution in [2.24, 2.45) is 28.5 Å². The van der Waals surface area contributed by atoms with Crippen LogP contribution in [0.15, 0.2) is 4.99 Å². The summed E-state index contributed by atoms with van der Waals surface area (Å²) in [5.74, 6) is 1.77. The summed E-state index contributed by atoms with van der Waals surface area (Å²) in [5, 5.41) is 0. The molecule has 0 spiro atoms. The lowest BCUT2D eigenvalue weighted by Crippen LogP contribution is -2.37. The summed E-state index contributed by atoms with van der Waals surface area (Å²) < 4.78 is 0. The van der Waals surface area contributed by atoms with Crippen LogP contribution in [0.4, 0.5) is 0 Å². The predicted octanol–water partition coefficient (Wildman–Crippen LogP) is 5.26. The number of aliphatic imine (C=N–C) groups is 1. The second kappa shape index (κ2) is 11.5. The molecule has 0 aromatic rings. The van der Waals surface area contributed by atoms with E-state index in [1.54, 1.807) is 0 Å². The van der Waals surface area contributed by atoms with E-state index >= 15 is 0 Å². The van der Waals surface area contributed by atoms with Crippen molar-refractivity contribution in [3.05, 3.63) is 0 Å². The van der Waals surface area contributed by atoms with Crippen LogP contribution in [0.25, 0.3) is 0 Å². The van der Waals surface area contributed by atoms with Crippen LogP contribution in [0.1, 0.15) is 110 Å². The van der Waals surface area contributed by atoms with Crippen molar-refractivity contribution in [1.29, 1.82) is 0 Å². The van der Waals surface area contributed by atoms with E-state index in [9.17, 15) is 9.59 Å². The maximum Gasteiger partial charge on any atom is 0.225 e. The van der Waals surface area contributed by atoms with Crippen LogP contribution in [0.5, 0.6) is 0 Å². The van der Waals surface area contributed by atoms with Gasteiger partial charge in [-0.05, 0) is 50.9 Å². The lowest BCUT2D eigenvalue weighted by molar-refractivity contribution is -0.135. The summed E-state index contributed by atoms with van der Waals surface area (Å²) in [6, 6.07) is 0. The summed E-state index contributed by atoms with van der Waals surface area (Å²) in [4.78, 5) is 33.3. The van der Waals surface area contributed by atoms with Gasteiger partial charge in [0.15, 0.2) is 5.78 Å². The monoisotopic (exact) mass is 431 g/mol. The number of ketones is 1. The fourth-order valence-corrected chi connectivity index (χ4v) is 5.99. The molecule has 2 fully saturated rings. The van der Waals surface area contributed by atoms with Crippen molar-refractivity contribution in [1.82, 2.24) is 4.90 Å². The number of nitrogens with zero attached hydrogens (tertiary/aromatic N) is 2. The maximum atomic E-state index is 13.4. The van der Waals surface area contributed by atoms with E-state index < -0.39 is 5.54 Å². The third-order valence-corrected chi connectivity index (χ3v) is 8.03. The van der Waals surface area contributed by atoms with Gasteiger partial charge < -0.3 is 10.6 Å². The molecular formula is C26H45N3O2. The van der Waals surface area contributed by atoms with Crippen molar-refractivity contribution in [3.8, 4) is 0 Å². The normalized spacial score (nSPS) is 26.8. The summed E-state index contributed by atoms with van der Waals surface area (Å²) in [7, 11) is 0. The van der Waals surface area contributed by atoms with E-state index in [4.69, 9.17) is 10.7 Å². The molecule has 5 nitrogen and oxygen atoms in total. The minimum atomic E-state index is -0.558. The van der Waals surface area contributed by atoms with Gasteiger partial charge in [-0.25, -0.2) is 0 Å². The molecular weight excluding hydrogens is 386 g/mol. The Hall–Kier alpha value is -1.39. The number of carbonyl (C=O) groups excluding carboxylic acids is 2. The Balaban J connectivity index is 1.52. The molecule has 0 aromatic heterocycles. The van der Waals surface area contributed by atoms with E-state index in [1.165, 1.54) is 25.7 Å². The molecule has 176 valence electrons. The lowest BCUT2D eigenvalue weighted by Gasteiger charge is -2.25. The van der Waals surface area contributed by atoms with Gasteiger partial charge in [0.2, 0.25) is 5.91 Å². The third kappa shape index (κ3) is 5.90. The number of likely N-dealkylation sites (tertiary alicyclic amines) is 1. The van der Waals surface area contributed by atoms with E-state index in [-0.39, 0.29) is 17.6 Å². The number of amides is 1. The second-order valence-electron chi connectivity index (χ2n) is 10.4. The largest absolute Gasteiger partial charge is 0.387 e. The average Bonchev–Trinajstić information content (AvgIpc) is 3.19. The molecule has 0 bridgehead atoms. The van der Waals surface area contributed by atoms with E-state index in [0.717, 1.165) is 83.7 Å². The van der Waals surface area contributed by atoms with Crippen LogP contribution in [0.2, 0.25) is 0 Å². The molecule has 1 saturated heterocycles. The Labute approximate surface area is 189 Å². The molecule has 2 aliphatic heterocycles. The molecule has 2 atom stereocenters. The molecule has 31 heavy (non-hydrogen) atoms. The van der Waals surface area contributed by atoms with Crippen molar-refractivity contribution in [3.63, 3.8) is 0 Å². The average molecular weight is 432 g/mol. The Kier molecular flexibility index (Phi) is 8.97. The van der Waals surface area contributed by atoms with E-state index in [1.807, 2.05) is 0 Å².